The number of hydrogen-bond acceptors (Lipinski definition) is 2. The van der Waals surface area contributed by atoms with Crippen LogP contribution in [-0.4, -0.2) is 7.05 Å². The summed E-state index contributed by atoms with van der Waals surface area (Å²) in [7, 11) is 1.93. The SMILES string of the molecule is CC.CCc1ccc(SNC)cc1. The van der Waals surface area contributed by atoms with Crippen molar-refractivity contribution in [2.45, 2.75) is 32.1 Å². The van der Waals surface area contributed by atoms with Gasteiger partial charge in [-0.2, -0.15) is 0 Å². The van der Waals surface area contributed by atoms with E-state index in [0.717, 1.165) is 6.42 Å². The van der Waals surface area contributed by atoms with Crippen molar-refractivity contribution in [3.05, 3.63) is 29.8 Å². The lowest BCUT2D eigenvalue weighted by atomic mass is 10.2. The molecule has 0 aliphatic heterocycles. The van der Waals surface area contributed by atoms with E-state index in [9.17, 15) is 0 Å². The number of aryl methyl sites for hydroxylation is 1. The molecule has 0 radical (unpaired) electrons. The van der Waals surface area contributed by atoms with Crippen LogP contribution in [0.5, 0.6) is 0 Å². The van der Waals surface area contributed by atoms with Gasteiger partial charge < -0.3 is 0 Å². The first-order chi connectivity index (χ1) is 6.36. The summed E-state index contributed by atoms with van der Waals surface area (Å²) in [6, 6.07) is 8.61. The summed E-state index contributed by atoms with van der Waals surface area (Å²) >= 11 is 1.64. The minimum atomic E-state index is 1.12. The Labute approximate surface area is 86.1 Å². The van der Waals surface area contributed by atoms with E-state index in [1.807, 2.05) is 20.9 Å². The Morgan fingerprint density at radius 3 is 2.08 bits per heavy atom. The molecule has 0 fully saturated rings. The van der Waals surface area contributed by atoms with Gasteiger partial charge in [0.1, 0.15) is 0 Å². The lowest BCUT2D eigenvalue weighted by molar-refractivity contribution is 1.13. The van der Waals surface area contributed by atoms with Crippen molar-refractivity contribution in [3.8, 4) is 0 Å². The van der Waals surface area contributed by atoms with Gasteiger partial charge in [-0.05, 0) is 43.1 Å². The third-order valence-electron chi connectivity index (χ3n) is 1.55. The fourth-order valence-corrected chi connectivity index (χ4v) is 1.42. The molecule has 1 N–H and O–H groups in total. The van der Waals surface area contributed by atoms with Crippen molar-refractivity contribution in [2.24, 2.45) is 0 Å². The maximum atomic E-state index is 3.04. The van der Waals surface area contributed by atoms with Crippen LogP contribution < -0.4 is 4.72 Å². The molecule has 0 aromatic heterocycles. The number of hydrogen-bond donors (Lipinski definition) is 1. The minimum Gasteiger partial charge on any atom is -0.263 e. The van der Waals surface area contributed by atoms with E-state index >= 15 is 0 Å². The Bertz CT molecular complexity index is 206. The molecule has 0 atom stereocenters. The van der Waals surface area contributed by atoms with Gasteiger partial charge >= 0.3 is 0 Å². The second kappa shape index (κ2) is 8.14. The highest BCUT2D eigenvalue weighted by Gasteiger charge is 1.90. The van der Waals surface area contributed by atoms with Crippen LogP contribution in [0.25, 0.3) is 0 Å². The second-order valence-electron chi connectivity index (χ2n) is 2.30. The molecule has 0 aliphatic carbocycles. The molecule has 0 unspecified atom stereocenters. The quantitative estimate of drug-likeness (QED) is 0.744. The summed E-state index contributed by atoms with van der Waals surface area (Å²) in [5.41, 5.74) is 1.39. The highest BCUT2D eigenvalue weighted by Crippen LogP contribution is 2.14. The average molecular weight is 197 g/mol. The van der Waals surface area contributed by atoms with Gasteiger partial charge in [-0.15, -0.1) is 0 Å². The standard InChI is InChI=1S/C9H13NS.C2H6/c1-3-8-4-6-9(7-5-8)11-10-2;1-2/h4-7,10H,3H2,1-2H3;1-2H3. The van der Waals surface area contributed by atoms with Crippen molar-refractivity contribution in [1.29, 1.82) is 0 Å². The van der Waals surface area contributed by atoms with Crippen LogP contribution in [0.1, 0.15) is 26.3 Å². The van der Waals surface area contributed by atoms with Gasteiger partial charge in [0, 0.05) is 4.90 Å². The Balaban J connectivity index is 0.000000671. The Kier molecular flexibility index (Phi) is 7.85. The zero-order chi connectivity index (χ0) is 10.1. The van der Waals surface area contributed by atoms with Gasteiger partial charge in [0.25, 0.3) is 0 Å². The van der Waals surface area contributed by atoms with E-state index in [1.165, 1.54) is 10.5 Å². The fraction of sp³-hybridized carbons (Fsp3) is 0.455. The summed E-state index contributed by atoms with van der Waals surface area (Å²) < 4.78 is 3.04. The molecule has 0 amide bonds. The topological polar surface area (TPSA) is 12.0 Å². The van der Waals surface area contributed by atoms with Crippen LogP contribution in [0.4, 0.5) is 0 Å². The monoisotopic (exact) mass is 197 g/mol. The van der Waals surface area contributed by atoms with Crippen molar-refractivity contribution in [2.75, 3.05) is 7.05 Å². The third-order valence-corrected chi connectivity index (χ3v) is 2.26. The van der Waals surface area contributed by atoms with Gasteiger partial charge in [-0.3, -0.25) is 4.72 Å². The van der Waals surface area contributed by atoms with Gasteiger partial charge in [0.2, 0.25) is 0 Å². The lowest BCUT2D eigenvalue weighted by Gasteiger charge is -1.99. The smallest absolute Gasteiger partial charge is 0.0228 e. The molecule has 0 saturated heterocycles. The van der Waals surface area contributed by atoms with Gasteiger partial charge in [0.15, 0.2) is 0 Å². The van der Waals surface area contributed by atoms with Crippen LogP contribution in [0.2, 0.25) is 0 Å². The predicted octanol–water partition coefficient (Wildman–Crippen LogP) is 3.50. The molecular weight excluding hydrogens is 178 g/mol. The molecule has 0 saturated carbocycles. The maximum Gasteiger partial charge on any atom is 0.0228 e. The van der Waals surface area contributed by atoms with Crippen LogP contribution in [0.15, 0.2) is 29.2 Å². The van der Waals surface area contributed by atoms with E-state index in [0.29, 0.717) is 0 Å². The molecule has 13 heavy (non-hydrogen) atoms. The molecule has 1 aromatic carbocycles. The first-order valence-electron chi connectivity index (χ1n) is 4.79. The van der Waals surface area contributed by atoms with Gasteiger partial charge in [-0.25, -0.2) is 0 Å². The molecule has 0 aliphatic rings. The molecule has 1 aromatic rings. The van der Waals surface area contributed by atoms with E-state index in [4.69, 9.17) is 0 Å². The third kappa shape index (κ3) is 4.96. The van der Waals surface area contributed by atoms with Crippen LogP contribution in [-0.2, 0) is 6.42 Å². The van der Waals surface area contributed by atoms with Crippen molar-refractivity contribution < 1.29 is 0 Å². The maximum absolute atomic E-state index is 3.04. The highest BCUT2D eigenvalue weighted by atomic mass is 32.2. The summed E-state index contributed by atoms with van der Waals surface area (Å²) in [5, 5.41) is 0. The van der Waals surface area contributed by atoms with Crippen molar-refractivity contribution >= 4 is 11.9 Å². The largest absolute Gasteiger partial charge is 0.263 e. The first-order valence-corrected chi connectivity index (χ1v) is 5.61. The summed E-state index contributed by atoms with van der Waals surface area (Å²) in [6.45, 7) is 6.17. The van der Waals surface area contributed by atoms with Crippen LogP contribution >= 0.6 is 11.9 Å². The van der Waals surface area contributed by atoms with Crippen molar-refractivity contribution in [3.63, 3.8) is 0 Å². The highest BCUT2D eigenvalue weighted by molar-refractivity contribution is 7.97. The molecular formula is C11H19NS. The van der Waals surface area contributed by atoms with Gasteiger partial charge in [0.05, 0.1) is 0 Å². The number of nitrogens with one attached hydrogen (secondary N) is 1. The molecule has 0 heterocycles. The fourth-order valence-electron chi connectivity index (χ4n) is 0.911. The van der Waals surface area contributed by atoms with E-state index in [-0.39, 0.29) is 0 Å². The molecule has 0 bridgehead atoms. The molecule has 2 heteroatoms. The van der Waals surface area contributed by atoms with Crippen LogP contribution in [0, 0.1) is 0 Å². The normalized spacial score (nSPS) is 8.92. The van der Waals surface area contributed by atoms with E-state index < -0.39 is 0 Å². The average Bonchev–Trinajstić information content (AvgIpc) is 2.23. The Hall–Kier alpha value is -0.470. The number of rotatable bonds is 3. The van der Waals surface area contributed by atoms with Crippen molar-refractivity contribution in [1.82, 2.24) is 4.72 Å². The summed E-state index contributed by atoms with van der Waals surface area (Å²) in [6.07, 6.45) is 1.12. The second-order valence-corrected chi connectivity index (χ2v) is 3.39. The van der Waals surface area contributed by atoms with Gasteiger partial charge in [-0.1, -0.05) is 32.9 Å². The zero-order valence-electron chi connectivity index (χ0n) is 8.92. The molecule has 1 nitrogen and oxygen atoms in total. The zero-order valence-corrected chi connectivity index (χ0v) is 9.74. The minimum absolute atomic E-state index is 1.12. The van der Waals surface area contributed by atoms with Crippen LogP contribution in [0.3, 0.4) is 0 Å². The Morgan fingerprint density at radius 1 is 1.15 bits per heavy atom. The van der Waals surface area contributed by atoms with E-state index in [1.54, 1.807) is 11.9 Å². The number of benzene rings is 1. The predicted molar refractivity (Wildman–Crippen MR) is 62.1 cm³/mol. The van der Waals surface area contributed by atoms with E-state index in [2.05, 4.69) is 35.9 Å². The first kappa shape index (κ1) is 12.5. The lowest BCUT2D eigenvalue weighted by Crippen LogP contribution is -1.90. The molecule has 74 valence electrons. The summed E-state index contributed by atoms with van der Waals surface area (Å²) in [4.78, 5) is 1.27. The molecule has 1 rings (SSSR count). The summed E-state index contributed by atoms with van der Waals surface area (Å²) in [5.74, 6) is 0. The Morgan fingerprint density at radius 2 is 1.69 bits per heavy atom. The molecule has 0 spiro atoms.